The number of halogens is 1. The first kappa shape index (κ1) is 14.3. The zero-order valence-corrected chi connectivity index (χ0v) is 14.1. The molecule has 2 nitrogen and oxygen atoms in total. The van der Waals surface area contributed by atoms with E-state index in [1.54, 1.807) is 0 Å². The summed E-state index contributed by atoms with van der Waals surface area (Å²) in [7, 11) is 0. The Labute approximate surface area is 139 Å². The number of aromatic nitrogens is 2. The summed E-state index contributed by atoms with van der Waals surface area (Å²) in [6, 6.07) is 17.3. The molecule has 0 fully saturated rings. The maximum Gasteiger partial charge on any atom is 0.0659 e. The topological polar surface area (TPSA) is 17.8 Å². The molecular weight excluding hydrogens is 371 g/mol. The summed E-state index contributed by atoms with van der Waals surface area (Å²) in [5.74, 6) is 0. The minimum absolute atomic E-state index is 0.814. The molecule has 3 aromatic rings. The Hall–Kier alpha value is -1.62. The normalized spacial score (nSPS) is 10.8. The van der Waals surface area contributed by atoms with Gasteiger partial charge in [-0.3, -0.25) is 4.68 Å². The fraction of sp³-hybridized carbons (Fsp3) is 0.167. The highest BCUT2D eigenvalue weighted by Crippen LogP contribution is 2.20. The van der Waals surface area contributed by atoms with Gasteiger partial charge in [0.15, 0.2) is 0 Å². The smallest absolute Gasteiger partial charge is 0.0659 e. The minimum Gasteiger partial charge on any atom is -0.268 e. The molecule has 0 saturated heterocycles. The largest absolute Gasteiger partial charge is 0.268 e. The van der Waals surface area contributed by atoms with Crippen LogP contribution in [0.3, 0.4) is 0 Å². The number of rotatable bonds is 4. The van der Waals surface area contributed by atoms with E-state index < -0.39 is 0 Å². The molecule has 1 heterocycles. The van der Waals surface area contributed by atoms with Crippen molar-refractivity contribution < 1.29 is 0 Å². The van der Waals surface area contributed by atoms with E-state index in [9.17, 15) is 0 Å². The molecule has 0 aliphatic carbocycles. The van der Waals surface area contributed by atoms with Crippen LogP contribution in [0, 0.1) is 3.57 Å². The average molecular weight is 388 g/mol. The summed E-state index contributed by atoms with van der Waals surface area (Å²) in [4.78, 5) is 0. The molecule has 0 unspecified atom stereocenters. The zero-order chi connectivity index (χ0) is 14.7. The van der Waals surface area contributed by atoms with Crippen molar-refractivity contribution in [3.63, 3.8) is 0 Å². The number of hydrogen-bond acceptors (Lipinski definition) is 1. The number of aryl methyl sites for hydroxylation is 1. The first-order valence-corrected chi connectivity index (χ1v) is 8.18. The standard InChI is InChI=1S/C18H17IN2/c1-2-14-3-5-15(6-4-14)12-21-13-17(11-20-21)16-7-9-18(19)10-8-16/h3-11,13H,2,12H2,1H3. The van der Waals surface area contributed by atoms with E-state index in [4.69, 9.17) is 0 Å². The molecule has 3 rings (SSSR count). The van der Waals surface area contributed by atoms with Crippen molar-refractivity contribution >= 4 is 22.6 Å². The Morgan fingerprint density at radius 1 is 0.905 bits per heavy atom. The van der Waals surface area contributed by atoms with Crippen molar-refractivity contribution in [2.45, 2.75) is 19.9 Å². The van der Waals surface area contributed by atoms with Crippen LogP contribution in [0.5, 0.6) is 0 Å². The summed E-state index contributed by atoms with van der Waals surface area (Å²) in [6.07, 6.45) is 5.12. The molecule has 106 valence electrons. The van der Waals surface area contributed by atoms with E-state index in [0.29, 0.717) is 0 Å². The van der Waals surface area contributed by atoms with E-state index in [2.05, 4.69) is 89.3 Å². The Morgan fingerprint density at radius 2 is 1.57 bits per heavy atom. The highest BCUT2D eigenvalue weighted by atomic mass is 127. The van der Waals surface area contributed by atoms with Crippen molar-refractivity contribution in [2.24, 2.45) is 0 Å². The summed E-state index contributed by atoms with van der Waals surface area (Å²) in [6.45, 7) is 2.99. The van der Waals surface area contributed by atoms with Crippen LogP contribution >= 0.6 is 22.6 Å². The molecule has 0 aliphatic heterocycles. The lowest BCUT2D eigenvalue weighted by Crippen LogP contribution is -1.99. The van der Waals surface area contributed by atoms with E-state index in [0.717, 1.165) is 18.5 Å². The highest BCUT2D eigenvalue weighted by molar-refractivity contribution is 14.1. The van der Waals surface area contributed by atoms with E-state index in [-0.39, 0.29) is 0 Å². The molecule has 2 aromatic carbocycles. The van der Waals surface area contributed by atoms with Crippen molar-refractivity contribution in [1.82, 2.24) is 9.78 Å². The van der Waals surface area contributed by atoms with Gasteiger partial charge in [-0.2, -0.15) is 5.10 Å². The summed E-state index contributed by atoms with van der Waals surface area (Å²) < 4.78 is 3.24. The number of benzene rings is 2. The van der Waals surface area contributed by atoms with Gasteiger partial charge in [-0.15, -0.1) is 0 Å². The second-order valence-electron chi connectivity index (χ2n) is 5.10. The fourth-order valence-corrected chi connectivity index (χ4v) is 2.67. The highest BCUT2D eigenvalue weighted by Gasteiger charge is 2.02. The lowest BCUT2D eigenvalue weighted by atomic mass is 10.1. The third-order valence-corrected chi connectivity index (χ3v) is 4.31. The molecule has 3 heteroatoms. The quantitative estimate of drug-likeness (QED) is 0.589. The fourth-order valence-electron chi connectivity index (χ4n) is 2.31. The van der Waals surface area contributed by atoms with Crippen LogP contribution in [0.1, 0.15) is 18.1 Å². The molecule has 0 spiro atoms. The summed E-state index contributed by atoms with van der Waals surface area (Å²) in [5, 5.41) is 4.47. The van der Waals surface area contributed by atoms with Crippen LogP contribution < -0.4 is 0 Å². The summed E-state index contributed by atoms with van der Waals surface area (Å²) >= 11 is 2.32. The maximum absolute atomic E-state index is 4.47. The predicted molar refractivity (Wildman–Crippen MR) is 95.3 cm³/mol. The van der Waals surface area contributed by atoms with Gasteiger partial charge in [0.1, 0.15) is 0 Å². The minimum atomic E-state index is 0.814. The zero-order valence-electron chi connectivity index (χ0n) is 12.0. The van der Waals surface area contributed by atoms with Gasteiger partial charge >= 0.3 is 0 Å². The van der Waals surface area contributed by atoms with Gasteiger partial charge in [0.25, 0.3) is 0 Å². The summed E-state index contributed by atoms with van der Waals surface area (Å²) in [5.41, 5.74) is 5.03. The lowest BCUT2D eigenvalue weighted by Gasteiger charge is -2.03. The van der Waals surface area contributed by atoms with Gasteiger partial charge in [0, 0.05) is 15.3 Å². The van der Waals surface area contributed by atoms with Gasteiger partial charge < -0.3 is 0 Å². The molecule has 0 amide bonds. The molecule has 0 radical (unpaired) electrons. The predicted octanol–water partition coefficient (Wildman–Crippen LogP) is 4.77. The number of nitrogens with zero attached hydrogens (tertiary/aromatic N) is 2. The molecular formula is C18H17IN2. The van der Waals surface area contributed by atoms with Crippen LogP contribution in [0.15, 0.2) is 60.9 Å². The van der Waals surface area contributed by atoms with Crippen molar-refractivity contribution in [1.29, 1.82) is 0 Å². The Bertz CT molecular complexity index is 712. The van der Waals surface area contributed by atoms with Gasteiger partial charge in [-0.25, -0.2) is 0 Å². The van der Waals surface area contributed by atoms with Gasteiger partial charge in [0.05, 0.1) is 12.7 Å². The monoisotopic (exact) mass is 388 g/mol. The third-order valence-electron chi connectivity index (χ3n) is 3.59. The first-order valence-electron chi connectivity index (χ1n) is 7.11. The molecule has 0 aliphatic rings. The lowest BCUT2D eigenvalue weighted by molar-refractivity contribution is 0.687. The molecule has 0 saturated carbocycles. The SMILES string of the molecule is CCc1ccc(Cn2cc(-c3ccc(I)cc3)cn2)cc1. The van der Waals surface area contributed by atoms with Crippen LogP contribution in [-0.2, 0) is 13.0 Å². The maximum atomic E-state index is 4.47. The average Bonchev–Trinajstić information content (AvgIpc) is 2.97. The molecule has 1 aromatic heterocycles. The van der Waals surface area contributed by atoms with Crippen LogP contribution in [0.4, 0.5) is 0 Å². The van der Waals surface area contributed by atoms with Crippen molar-refractivity contribution in [2.75, 3.05) is 0 Å². The first-order chi connectivity index (χ1) is 10.2. The van der Waals surface area contributed by atoms with Gasteiger partial charge in [0.2, 0.25) is 0 Å². The van der Waals surface area contributed by atoms with Gasteiger partial charge in [-0.05, 0) is 57.8 Å². The van der Waals surface area contributed by atoms with Crippen LogP contribution in [0.2, 0.25) is 0 Å². The van der Waals surface area contributed by atoms with Crippen molar-refractivity contribution in [3.05, 3.63) is 75.6 Å². The van der Waals surface area contributed by atoms with E-state index in [1.807, 2.05) is 10.9 Å². The Balaban J connectivity index is 1.76. The molecule has 0 bridgehead atoms. The Kier molecular flexibility index (Phi) is 4.39. The molecule has 0 atom stereocenters. The van der Waals surface area contributed by atoms with E-state index >= 15 is 0 Å². The molecule has 0 N–H and O–H groups in total. The molecule has 21 heavy (non-hydrogen) atoms. The van der Waals surface area contributed by atoms with Crippen molar-refractivity contribution in [3.8, 4) is 11.1 Å². The van der Waals surface area contributed by atoms with Gasteiger partial charge in [-0.1, -0.05) is 43.3 Å². The van der Waals surface area contributed by atoms with Crippen LogP contribution in [0.25, 0.3) is 11.1 Å². The second-order valence-corrected chi connectivity index (χ2v) is 6.35. The third kappa shape index (κ3) is 3.53. The second kappa shape index (κ2) is 6.43. The Morgan fingerprint density at radius 3 is 2.24 bits per heavy atom. The number of hydrogen-bond donors (Lipinski definition) is 0. The van der Waals surface area contributed by atoms with E-state index in [1.165, 1.54) is 20.3 Å². The van der Waals surface area contributed by atoms with Crippen LogP contribution in [-0.4, -0.2) is 9.78 Å².